The van der Waals surface area contributed by atoms with Gasteiger partial charge in [0.25, 0.3) is 0 Å². The Labute approximate surface area is 124 Å². The van der Waals surface area contributed by atoms with Gasteiger partial charge in [-0.3, -0.25) is 0 Å². The van der Waals surface area contributed by atoms with Crippen LogP contribution in [-0.4, -0.2) is 16.6 Å². The molecule has 7 heteroatoms. The Hall–Kier alpha value is 1.92. The van der Waals surface area contributed by atoms with Crippen molar-refractivity contribution < 1.29 is 108 Å². The number of carbonyl (C=O) groups is 1. The zero-order valence-electron chi connectivity index (χ0n) is 8.80. The van der Waals surface area contributed by atoms with E-state index in [1.165, 1.54) is 0 Å². The Morgan fingerprint density at radius 3 is 1.56 bits per heavy atom. The maximum Gasteiger partial charge on any atom is 1.00 e. The number of carboxylic acid groups (broad SMARTS) is 1. The average molecular weight is 161 g/mol. The van der Waals surface area contributed by atoms with Gasteiger partial charge in [-0.2, -0.15) is 5.26 Å². The molecule has 3 N–H and O–H groups in total. The number of hydrogen-bond acceptors (Lipinski definition) is 2. The van der Waals surface area contributed by atoms with Crippen LogP contribution >= 0.6 is 0 Å². The number of carboxylic acids is 1. The van der Waals surface area contributed by atoms with Gasteiger partial charge in [-0.25, -0.2) is 4.79 Å². The van der Waals surface area contributed by atoms with Crippen molar-refractivity contribution in [3.05, 3.63) is 0 Å². The molecule has 0 radical (unpaired) electrons. The minimum absolute atomic E-state index is 0. The van der Waals surface area contributed by atoms with E-state index in [2.05, 4.69) is 0 Å². The fourth-order valence-electron chi connectivity index (χ4n) is 0. The molecule has 0 fully saturated rings. The first-order chi connectivity index (χ1) is 2.27. The molecule has 0 saturated heterocycles. The zero-order chi connectivity index (χ0) is 4.28. The molecule has 0 heterocycles. The molecule has 0 aliphatic heterocycles. The van der Waals surface area contributed by atoms with Crippen molar-refractivity contribution >= 4 is 5.97 Å². The molecule has 0 rings (SSSR count). The van der Waals surface area contributed by atoms with E-state index in [4.69, 9.17) is 15.2 Å². The summed E-state index contributed by atoms with van der Waals surface area (Å²) in [6.07, 6.45) is 0. The van der Waals surface area contributed by atoms with E-state index in [-0.39, 0.29) is 98.4 Å². The standard InChI is InChI=1S/C2HNO2.3Na.H2O.3H/c3-1-2(4)5;;;;;;;/h(H,4,5);;;;1H2;;;/q;3*+1;;3*-1. The predicted octanol–water partition coefficient (Wildman–Crippen LogP) is -9.88. The van der Waals surface area contributed by atoms with Crippen LogP contribution in [0.3, 0.4) is 0 Å². The Balaban J connectivity index is -0.00000000381. The minimum atomic E-state index is -1.44. The molecular weight excluding hydrogens is 155 g/mol. The number of hydrogen-bond donors (Lipinski definition) is 1. The fourth-order valence-corrected chi connectivity index (χ4v) is 0. The SMILES string of the molecule is N#CC(=O)O.O.[H-].[H-].[H-].[Na+].[Na+].[Na+]. The first-order valence-electron chi connectivity index (χ1n) is 0.901. The zero-order valence-corrected chi connectivity index (χ0v) is 11.8. The summed E-state index contributed by atoms with van der Waals surface area (Å²) in [4.78, 5) is 9.01. The molecule has 40 valence electrons. The van der Waals surface area contributed by atoms with E-state index in [9.17, 15) is 0 Å². The molecule has 0 amide bonds. The maximum atomic E-state index is 9.01. The molecule has 4 nitrogen and oxygen atoms in total. The van der Waals surface area contributed by atoms with E-state index in [0.29, 0.717) is 0 Å². The molecule has 0 spiro atoms. The largest absolute Gasteiger partial charge is 1.00 e. The number of nitriles is 1. The molecule has 0 aromatic heterocycles. The van der Waals surface area contributed by atoms with Crippen LogP contribution < -0.4 is 88.7 Å². The molecule has 0 aromatic carbocycles. The van der Waals surface area contributed by atoms with Crippen molar-refractivity contribution in [1.82, 2.24) is 0 Å². The Kier molecular flexibility index (Phi) is 76.7. The summed E-state index contributed by atoms with van der Waals surface area (Å²) in [5, 5.41) is 14.7. The van der Waals surface area contributed by atoms with Crippen molar-refractivity contribution in [3.8, 4) is 6.07 Å². The van der Waals surface area contributed by atoms with Gasteiger partial charge < -0.3 is 14.9 Å². The van der Waals surface area contributed by atoms with Crippen LogP contribution in [-0.2, 0) is 4.79 Å². The normalized spacial score (nSPS) is 3.00. The van der Waals surface area contributed by atoms with Crippen LogP contribution in [0.15, 0.2) is 0 Å². The summed E-state index contributed by atoms with van der Waals surface area (Å²) >= 11 is 0. The number of rotatable bonds is 0. The first-order valence-corrected chi connectivity index (χ1v) is 0.901. The van der Waals surface area contributed by atoms with Gasteiger partial charge in [-0.15, -0.1) is 0 Å². The summed E-state index contributed by atoms with van der Waals surface area (Å²) in [6, 6.07) is 0.944. The van der Waals surface area contributed by atoms with Crippen molar-refractivity contribution in [2.45, 2.75) is 0 Å². The van der Waals surface area contributed by atoms with E-state index < -0.39 is 5.97 Å². The van der Waals surface area contributed by atoms with Crippen LogP contribution in [0.2, 0.25) is 0 Å². The van der Waals surface area contributed by atoms with Crippen molar-refractivity contribution in [2.24, 2.45) is 0 Å². The average Bonchev–Trinajstić information content (AvgIpc) is 1.38. The molecular formula is C2H6NNa3O3. The molecule has 0 aliphatic carbocycles. The van der Waals surface area contributed by atoms with Crippen LogP contribution in [0.25, 0.3) is 0 Å². The third kappa shape index (κ3) is 40.5. The van der Waals surface area contributed by atoms with Gasteiger partial charge in [0.1, 0.15) is 0 Å². The van der Waals surface area contributed by atoms with Crippen molar-refractivity contribution in [3.63, 3.8) is 0 Å². The molecule has 0 saturated carbocycles. The summed E-state index contributed by atoms with van der Waals surface area (Å²) in [5.74, 6) is -1.44. The second kappa shape index (κ2) is 22.5. The van der Waals surface area contributed by atoms with Crippen LogP contribution in [0.5, 0.6) is 0 Å². The van der Waals surface area contributed by atoms with E-state index >= 15 is 0 Å². The van der Waals surface area contributed by atoms with Crippen LogP contribution in [0.1, 0.15) is 4.28 Å². The van der Waals surface area contributed by atoms with Crippen molar-refractivity contribution in [2.75, 3.05) is 0 Å². The quantitative estimate of drug-likeness (QED) is 0.217. The number of aliphatic carboxylic acids is 1. The maximum absolute atomic E-state index is 9.01. The van der Waals surface area contributed by atoms with Gasteiger partial charge in [0.15, 0.2) is 6.07 Å². The van der Waals surface area contributed by atoms with Crippen LogP contribution in [0.4, 0.5) is 0 Å². The molecule has 0 unspecified atom stereocenters. The van der Waals surface area contributed by atoms with Gasteiger partial charge >= 0.3 is 94.6 Å². The third-order valence-electron chi connectivity index (χ3n) is 0.0956. The van der Waals surface area contributed by atoms with Crippen LogP contribution in [0, 0.1) is 11.3 Å². The summed E-state index contributed by atoms with van der Waals surface area (Å²) in [7, 11) is 0. The number of nitrogens with zero attached hydrogens (tertiary/aromatic N) is 1. The van der Waals surface area contributed by atoms with Gasteiger partial charge in [0.2, 0.25) is 0 Å². The summed E-state index contributed by atoms with van der Waals surface area (Å²) < 4.78 is 0. The van der Waals surface area contributed by atoms with Gasteiger partial charge in [-0.05, 0) is 0 Å². The molecule has 0 aliphatic rings. The molecule has 9 heavy (non-hydrogen) atoms. The van der Waals surface area contributed by atoms with Gasteiger partial charge in [0.05, 0.1) is 0 Å². The summed E-state index contributed by atoms with van der Waals surface area (Å²) in [5.41, 5.74) is 0. The molecule has 0 atom stereocenters. The Bertz CT molecular complexity index is 99.3. The Morgan fingerprint density at radius 2 is 1.56 bits per heavy atom. The minimum Gasteiger partial charge on any atom is -1.00 e. The molecule has 0 bridgehead atoms. The Morgan fingerprint density at radius 1 is 1.44 bits per heavy atom. The molecule has 0 aromatic rings. The topological polar surface area (TPSA) is 92.6 Å². The third-order valence-corrected chi connectivity index (χ3v) is 0.0956. The fraction of sp³-hybridized carbons (Fsp3) is 0. The predicted molar refractivity (Wildman–Crippen MR) is 20.2 cm³/mol. The smallest absolute Gasteiger partial charge is 1.00 e. The monoisotopic (exact) mass is 161 g/mol. The van der Waals surface area contributed by atoms with E-state index in [1.807, 2.05) is 0 Å². The van der Waals surface area contributed by atoms with Crippen molar-refractivity contribution in [1.29, 1.82) is 5.26 Å². The summed E-state index contributed by atoms with van der Waals surface area (Å²) in [6.45, 7) is 0. The first kappa shape index (κ1) is 30.7. The second-order valence-corrected chi connectivity index (χ2v) is 0.417. The van der Waals surface area contributed by atoms with E-state index in [1.54, 1.807) is 0 Å². The van der Waals surface area contributed by atoms with Gasteiger partial charge in [-0.1, -0.05) is 0 Å². The van der Waals surface area contributed by atoms with Gasteiger partial charge in [0, 0.05) is 0 Å². The van der Waals surface area contributed by atoms with E-state index in [0.717, 1.165) is 6.07 Å². The second-order valence-electron chi connectivity index (χ2n) is 0.417.